The molecular weight excluding hydrogens is 128 g/mol. The minimum Gasteiger partial charge on any atom is -0.481 e. The fourth-order valence-electron chi connectivity index (χ4n) is 0.666. The molecule has 0 radical (unpaired) electrons. The van der Waals surface area contributed by atoms with Gasteiger partial charge in [-0.05, 0) is 12.3 Å². The van der Waals surface area contributed by atoms with Gasteiger partial charge >= 0.3 is 5.97 Å². The Balaban J connectivity index is 0.000000490. The smallest absolute Gasteiger partial charge is 0.306 e. The first-order valence-electron chi connectivity index (χ1n) is 2.44. The molecule has 1 saturated carbocycles. The Morgan fingerprint density at radius 3 is 2.12 bits per heavy atom. The Hall–Kier alpha value is -0.240. The average molecular weight is 137 g/mol. The van der Waals surface area contributed by atoms with Crippen LogP contribution in [0.4, 0.5) is 0 Å². The molecule has 0 aromatic heterocycles. The van der Waals surface area contributed by atoms with Gasteiger partial charge in [-0.1, -0.05) is 6.92 Å². The average Bonchev–Trinajstić information content (AvgIpc) is 2.17. The number of aliphatic carboxylic acids is 1. The molecule has 8 heavy (non-hydrogen) atoms. The lowest BCUT2D eigenvalue weighted by Crippen LogP contribution is -1.97. The Morgan fingerprint density at radius 2 is 2.12 bits per heavy atom. The van der Waals surface area contributed by atoms with E-state index in [9.17, 15) is 4.79 Å². The molecule has 0 amide bonds. The summed E-state index contributed by atoms with van der Waals surface area (Å²) in [5.74, 6) is -0.204. The van der Waals surface area contributed by atoms with Gasteiger partial charge in [0.1, 0.15) is 0 Å². The molecule has 0 aromatic carbocycles. The van der Waals surface area contributed by atoms with Crippen LogP contribution in [-0.2, 0) is 4.79 Å². The van der Waals surface area contributed by atoms with Crippen LogP contribution >= 0.6 is 12.4 Å². The molecule has 0 spiro atoms. The van der Waals surface area contributed by atoms with Crippen molar-refractivity contribution in [2.75, 3.05) is 0 Å². The SMILES string of the molecule is C[C@@H]1C[C@H]1C(=O)O.Cl. The topological polar surface area (TPSA) is 37.3 Å². The van der Waals surface area contributed by atoms with Crippen LogP contribution in [0.2, 0.25) is 0 Å². The minimum absolute atomic E-state index is 0. The zero-order valence-corrected chi connectivity index (χ0v) is 5.44. The fourth-order valence-corrected chi connectivity index (χ4v) is 0.666. The summed E-state index contributed by atoms with van der Waals surface area (Å²) >= 11 is 0. The molecule has 0 aromatic rings. The van der Waals surface area contributed by atoms with Crippen LogP contribution in [0.25, 0.3) is 0 Å². The lowest BCUT2D eigenvalue weighted by molar-refractivity contribution is -0.138. The lowest BCUT2D eigenvalue weighted by atomic mass is 10.3. The fraction of sp³-hybridized carbons (Fsp3) is 0.800. The summed E-state index contributed by atoms with van der Waals surface area (Å²) in [6, 6.07) is 0. The Labute approximate surface area is 54.3 Å². The molecule has 1 N–H and O–H groups in total. The summed E-state index contributed by atoms with van der Waals surface area (Å²) in [6.07, 6.45) is 0.884. The molecular formula is C5H9ClO2. The van der Waals surface area contributed by atoms with Crippen molar-refractivity contribution in [1.29, 1.82) is 0 Å². The minimum atomic E-state index is -0.632. The highest BCUT2D eigenvalue weighted by Crippen LogP contribution is 2.37. The highest BCUT2D eigenvalue weighted by atomic mass is 35.5. The van der Waals surface area contributed by atoms with Crippen LogP contribution in [0.1, 0.15) is 13.3 Å². The van der Waals surface area contributed by atoms with Gasteiger partial charge in [-0.3, -0.25) is 4.79 Å². The highest BCUT2D eigenvalue weighted by Gasteiger charge is 2.38. The van der Waals surface area contributed by atoms with E-state index < -0.39 is 5.97 Å². The highest BCUT2D eigenvalue weighted by molar-refractivity contribution is 5.85. The van der Waals surface area contributed by atoms with Crippen molar-refractivity contribution in [3.63, 3.8) is 0 Å². The number of carboxylic acid groups (broad SMARTS) is 1. The zero-order valence-electron chi connectivity index (χ0n) is 4.63. The van der Waals surface area contributed by atoms with Gasteiger partial charge in [0.2, 0.25) is 0 Å². The molecule has 0 saturated heterocycles. The summed E-state index contributed by atoms with van der Waals surface area (Å²) in [6.45, 7) is 1.96. The Morgan fingerprint density at radius 1 is 1.75 bits per heavy atom. The van der Waals surface area contributed by atoms with Crippen LogP contribution in [0.5, 0.6) is 0 Å². The third-order valence-electron chi connectivity index (χ3n) is 1.43. The molecule has 1 rings (SSSR count). The molecule has 48 valence electrons. The maximum Gasteiger partial charge on any atom is 0.306 e. The van der Waals surface area contributed by atoms with E-state index in [1.54, 1.807) is 0 Å². The molecule has 0 heterocycles. The molecule has 2 atom stereocenters. The van der Waals surface area contributed by atoms with Crippen LogP contribution in [0.15, 0.2) is 0 Å². The lowest BCUT2D eigenvalue weighted by Gasteiger charge is -1.79. The van der Waals surface area contributed by atoms with Crippen molar-refractivity contribution < 1.29 is 9.90 Å². The molecule has 3 heteroatoms. The van der Waals surface area contributed by atoms with Crippen LogP contribution in [-0.4, -0.2) is 11.1 Å². The number of hydrogen-bond donors (Lipinski definition) is 1. The van der Waals surface area contributed by atoms with Crippen molar-refractivity contribution in [2.24, 2.45) is 11.8 Å². The second kappa shape index (κ2) is 2.35. The standard InChI is InChI=1S/C5H8O2.ClH/c1-3-2-4(3)5(6)7;/h3-4H,2H2,1H3,(H,6,7);1H/t3-,4-;/m1./s1. The van der Waals surface area contributed by atoms with Gasteiger partial charge < -0.3 is 5.11 Å². The molecule has 0 bridgehead atoms. The van der Waals surface area contributed by atoms with Crippen LogP contribution < -0.4 is 0 Å². The maximum atomic E-state index is 9.97. The number of halogens is 1. The third kappa shape index (κ3) is 1.37. The Bertz CT molecular complexity index is 103. The van der Waals surface area contributed by atoms with Crippen LogP contribution in [0.3, 0.4) is 0 Å². The summed E-state index contributed by atoms with van der Waals surface area (Å²) in [5, 5.41) is 8.22. The maximum absolute atomic E-state index is 9.97. The number of carboxylic acids is 1. The van der Waals surface area contributed by atoms with Crippen molar-refractivity contribution in [1.82, 2.24) is 0 Å². The summed E-state index contributed by atoms with van der Waals surface area (Å²) in [5.41, 5.74) is 0. The first kappa shape index (κ1) is 7.76. The normalized spacial score (nSPS) is 33.1. The van der Waals surface area contributed by atoms with Gasteiger partial charge in [-0.15, -0.1) is 12.4 Å². The van der Waals surface area contributed by atoms with E-state index in [1.165, 1.54) is 0 Å². The number of hydrogen-bond acceptors (Lipinski definition) is 1. The Kier molecular flexibility index (Phi) is 2.28. The molecule has 0 aliphatic heterocycles. The van der Waals surface area contributed by atoms with E-state index in [2.05, 4.69) is 0 Å². The molecule has 2 nitrogen and oxygen atoms in total. The van der Waals surface area contributed by atoms with E-state index in [0.29, 0.717) is 5.92 Å². The second-order valence-corrected chi connectivity index (χ2v) is 2.16. The zero-order chi connectivity index (χ0) is 5.44. The van der Waals surface area contributed by atoms with E-state index in [1.807, 2.05) is 6.92 Å². The first-order valence-corrected chi connectivity index (χ1v) is 2.44. The van der Waals surface area contributed by atoms with E-state index in [-0.39, 0.29) is 18.3 Å². The second-order valence-electron chi connectivity index (χ2n) is 2.16. The first-order chi connectivity index (χ1) is 3.22. The summed E-state index contributed by atoms with van der Waals surface area (Å²) in [7, 11) is 0. The van der Waals surface area contributed by atoms with Crippen molar-refractivity contribution in [3.05, 3.63) is 0 Å². The third-order valence-corrected chi connectivity index (χ3v) is 1.43. The molecule has 0 unspecified atom stereocenters. The van der Waals surface area contributed by atoms with Crippen LogP contribution in [0, 0.1) is 11.8 Å². The number of rotatable bonds is 1. The van der Waals surface area contributed by atoms with Gasteiger partial charge in [-0.25, -0.2) is 0 Å². The quantitative estimate of drug-likeness (QED) is 0.587. The van der Waals surface area contributed by atoms with Crippen molar-refractivity contribution in [3.8, 4) is 0 Å². The van der Waals surface area contributed by atoms with Gasteiger partial charge in [0, 0.05) is 0 Å². The van der Waals surface area contributed by atoms with Gasteiger partial charge in [0.25, 0.3) is 0 Å². The largest absolute Gasteiger partial charge is 0.481 e. The van der Waals surface area contributed by atoms with Crippen molar-refractivity contribution >= 4 is 18.4 Å². The van der Waals surface area contributed by atoms with E-state index >= 15 is 0 Å². The van der Waals surface area contributed by atoms with E-state index in [4.69, 9.17) is 5.11 Å². The van der Waals surface area contributed by atoms with Crippen molar-refractivity contribution in [2.45, 2.75) is 13.3 Å². The predicted molar refractivity (Wildman–Crippen MR) is 32.2 cm³/mol. The number of carbonyl (C=O) groups is 1. The predicted octanol–water partition coefficient (Wildman–Crippen LogP) is 1.15. The van der Waals surface area contributed by atoms with Gasteiger partial charge in [-0.2, -0.15) is 0 Å². The monoisotopic (exact) mass is 136 g/mol. The summed E-state index contributed by atoms with van der Waals surface area (Å²) in [4.78, 5) is 9.97. The van der Waals surface area contributed by atoms with Gasteiger partial charge in [0.05, 0.1) is 5.92 Å². The summed E-state index contributed by atoms with van der Waals surface area (Å²) < 4.78 is 0. The van der Waals surface area contributed by atoms with E-state index in [0.717, 1.165) is 6.42 Å². The molecule has 1 aliphatic carbocycles. The van der Waals surface area contributed by atoms with Gasteiger partial charge in [0.15, 0.2) is 0 Å². The molecule has 1 fully saturated rings. The molecule has 1 aliphatic rings.